The number of hydrogen-bond donors (Lipinski definition) is 1. The highest BCUT2D eigenvalue weighted by molar-refractivity contribution is 6.28. The van der Waals surface area contributed by atoms with Crippen molar-refractivity contribution in [3.8, 4) is 0 Å². The van der Waals surface area contributed by atoms with Crippen molar-refractivity contribution in [2.24, 2.45) is 0 Å². The van der Waals surface area contributed by atoms with Gasteiger partial charge in [-0.05, 0) is 11.6 Å². The number of nitrogens with zero attached hydrogens (tertiary/aromatic N) is 1. The van der Waals surface area contributed by atoms with Crippen LogP contribution in [0.1, 0.15) is 0 Å². The van der Waals surface area contributed by atoms with Gasteiger partial charge in [-0.15, -0.1) is 0 Å². The van der Waals surface area contributed by atoms with Crippen molar-refractivity contribution in [3.05, 3.63) is 11.3 Å². The minimum Gasteiger partial charge on any atom is -0.381 e. The molecular weight excluding hydrogens is 115 g/mol. The molecule has 2 N–H and O–H groups in total. The second-order valence-corrected chi connectivity index (χ2v) is 1.43. The first-order chi connectivity index (χ1) is 3.29. The van der Waals surface area contributed by atoms with Crippen molar-refractivity contribution in [3.63, 3.8) is 0 Å². The Balaban J connectivity index is 3.04. The zero-order valence-corrected chi connectivity index (χ0v) is 4.14. The second-order valence-electron chi connectivity index (χ2n) is 1.06. The summed E-state index contributed by atoms with van der Waals surface area (Å²) in [5.41, 5.74) is 5.09. The van der Waals surface area contributed by atoms with E-state index in [9.17, 15) is 0 Å². The van der Waals surface area contributed by atoms with Crippen molar-refractivity contribution in [1.82, 2.24) is 5.16 Å². The largest absolute Gasteiger partial charge is 0.381 e. The summed E-state index contributed by atoms with van der Waals surface area (Å²) in [6.07, 6.45) is 0. The lowest BCUT2D eigenvalue weighted by atomic mass is 10.7. The van der Waals surface area contributed by atoms with Crippen LogP contribution in [0.4, 0.5) is 5.82 Å². The molecule has 38 valence electrons. The molecule has 4 heteroatoms. The van der Waals surface area contributed by atoms with E-state index in [1.807, 2.05) is 0 Å². The highest BCUT2D eigenvalue weighted by Gasteiger charge is 1.91. The van der Waals surface area contributed by atoms with Crippen LogP contribution >= 0.6 is 11.6 Å². The lowest BCUT2D eigenvalue weighted by molar-refractivity contribution is 0.425. The van der Waals surface area contributed by atoms with Crippen molar-refractivity contribution >= 4 is 17.4 Å². The summed E-state index contributed by atoms with van der Waals surface area (Å²) in [6, 6.07) is 1.43. The Morgan fingerprint density at radius 2 is 2.57 bits per heavy atom. The van der Waals surface area contributed by atoms with Crippen molar-refractivity contribution in [1.29, 1.82) is 0 Å². The van der Waals surface area contributed by atoms with Crippen LogP contribution in [0.3, 0.4) is 0 Å². The molecule has 0 radical (unpaired) electrons. The first-order valence-corrected chi connectivity index (χ1v) is 2.04. The molecule has 0 saturated carbocycles. The predicted octanol–water partition coefficient (Wildman–Crippen LogP) is 0.910. The molecule has 1 rings (SSSR count). The third-order valence-electron chi connectivity index (χ3n) is 0.500. The number of aromatic nitrogens is 1. The standard InChI is InChI=1S/C3H3ClN2O/c4-2-1-3(5)6-7-2/h1H,(H2,5,6). The van der Waals surface area contributed by atoms with E-state index in [0.29, 0.717) is 5.82 Å². The summed E-state index contributed by atoms with van der Waals surface area (Å²) in [6.45, 7) is 0. The summed E-state index contributed by atoms with van der Waals surface area (Å²) >= 11 is 5.25. The van der Waals surface area contributed by atoms with Gasteiger partial charge in [-0.25, -0.2) is 0 Å². The molecule has 0 aliphatic carbocycles. The van der Waals surface area contributed by atoms with E-state index in [1.54, 1.807) is 0 Å². The molecule has 0 spiro atoms. The van der Waals surface area contributed by atoms with E-state index in [1.165, 1.54) is 6.07 Å². The zero-order chi connectivity index (χ0) is 5.28. The average Bonchev–Trinajstić information content (AvgIpc) is 1.87. The van der Waals surface area contributed by atoms with Gasteiger partial charge in [-0.3, -0.25) is 0 Å². The summed E-state index contributed by atoms with van der Waals surface area (Å²) in [5.74, 6) is 0.310. The van der Waals surface area contributed by atoms with Gasteiger partial charge < -0.3 is 10.3 Å². The van der Waals surface area contributed by atoms with Crippen LogP contribution in [0.5, 0.6) is 0 Å². The normalized spacial score (nSPS) is 9.29. The van der Waals surface area contributed by atoms with E-state index >= 15 is 0 Å². The van der Waals surface area contributed by atoms with E-state index in [0.717, 1.165) is 0 Å². The average molecular weight is 119 g/mol. The maximum atomic E-state index is 5.25. The Bertz CT molecular complexity index is 145. The first kappa shape index (κ1) is 4.46. The molecule has 0 saturated heterocycles. The minimum atomic E-state index is 0.220. The van der Waals surface area contributed by atoms with Gasteiger partial charge in [0.2, 0.25) is 5.22 Å². The predicted molar refractivity (Wildman–Crippen MR) is 25.9 cm³/mol. The van der Waals surface area contributed by atoms with Crippen LogP contribution in [0.2, 0.25) is 5.22 Å². The molecule has 0 aliphatic heterocycles. The highest BCUT2D eigenvalue weighted by Crippen LogP contribution is 2.09. The van der Waals surface area contributed by atoms with Crippen molar-refractivity contribution in [2.75, 3.05) is 5.73 Å². The van der Waals surface area contributed by atoms with E-state index in [-0.39, 0.29) is 5.22 Å². The van der Waals surface area contributed by atoms with Gasteiger partial charge >= 0.3 is 0 Å². The number of anilines is 1. The van der Waals surface area contributed by atoms with Gasteiger partial charge in [0.05, 0.1) is 0 Å². The van der Waals surface area contributed by atoms with Gasteiger partial charge in [0.25, 0.3) is 0 Å². The Labute approximate surface area is 45.0 Å². The van der Waals surface area contributed by atoms with Gasteiger partial charge in [0, 0.05) is 6.07 Å². The molecule has 0 atom stereocenters. The summed E-state index contributed by atoms with van der Waals surface area (Å²) in [4.78, 5) is 0. The van der Waals surface area contributed by atoms with E-state index < -0.39 is 0 Å². The van der Waals surface area contributed by atoms with E-state index in [2.05, 4.69) is 9.68 Å². The fraction of sp³-hybridized carbons (Fsp3) is 0. The summed E-state index contributed by atoms with van der Waals surface area (Å²) in [5, 5.41) is 3.51. The van der Waals surface area contributed by atoms with Gasteiger partial charge in [0.15, 0.2) is 5.82 Å². The van der Waals surface area contributed by atoms with Gasteiger partial charge in [0.1, 0.15) is 0 Å². The fourth-order valence-electron chi connectivity index (χ4n) is 0.265. The van der Waals surface area contributed by atoms with Crippen LogP contribution in [0, 0.1) is 0 Å². The number of nitrogens with two attached hydrogens (primary N) is 1. The minimum absolute atomic E-state index is 0.220. The van der Waals surface area contributed by atoms with Crippen LogP contribution in [-0.2, 0) is 0 Å². The lowest BCUT2D eigenvalue weighted by Gasteiger charge is -1.64. The van der Waals surface area contributed by atoms with Gasteiger partial charge in [-0.2, -0.15) is 0 Å². The third kappa shape index (κ3) is 0.838. The Hall–Kier alpha value is -0.700. The first-order valence-electron chi connectivity index (χ1n) is 1.67. The number of nitrogen functional groups attached to an aromatic ring is 1. The third-order valence-corrected chi connectivity index (χ3v) is 0.678. The smallest absolute Gasteiger partial charge is 0.228 e. The Morgan fingerprint density at radius 3 is 2.71 bits per heavy atom. The maximum absolute atomic E-state index is 5.25. The molecule has 0 fully saturated rings. The highest BCUT2D eigenvalue weighted by atomic mass is 35.5. The molecule has 0 bridgehead atoms. The van der Waals surface area contributed by atoms with Crippen LogP contribution in [0.15, 0.2) is 10.6 Å². The second kappa shape index (κ2) is 1.42. The lowest BCUT2D eigenvalue weighted by Crippen LogP contribution is -1.79. The van der Waals surface area contributed by atoms with Crippen LogP contribution in [0.25, 0.3) is 0 Å². The topological polar surface area (TPSA) is 52.0 Å². The SMILES string of the molecule is Nc1cc(Cl)on1. The molecule has 0 aliphatic rings. The molecule has 7 heavy (non-hydrogen) atoms. The monoisotopic (exact) mass is 118 g/mol. The molecule has 1 aromatic heterocycles. The fourth-order valence-corrected chi connectivity index (χ4v) is 0.412. The summed E-state index contributed by atoms with van der Waals surface area (Å²) < 4.78 is 4.35. The molecule has 3 nitrogen and oxygen atoms in total. The maximum Gasteiger partial charge on any atom is 0.228 e. The molecule has 1 heterocycles. The van der Waals surface area contributed by atoms with Crippen LogP contribution in [-0.4, -0.2) is 5.16 Å². The van der Waals surface area contributed by atoms with Gasteiger partial charge in [-0.1, -0.05) is 5.16 Å². The summed E-state index contributed by atoms with van der Waals surface area (Å²) in [7, 11) is 0. The molecule has 1 aromatic rings. The Kier molecular flexibility index (Phi) is 0.906. The zero-order valence-electron chi connectivity index (χ0n) is 3.39. The van der Waals surface area contributed by atoms with Crippen molar-refractivity contribution in [2.45, 2.75) is 0 Å². The quantitative estimate of drug-likeness (QED) is 0.551. The molecular formula is C3H3ClN2O. The Morgan fingerprint density at radius 1 is 1.86 bits per heavy atom. The number of rotatable bonds is 0. The molecule has 0 aromatic carbocycles. The number of halogens is 1. The van der Waals surface area contributed by atoms with E-state index in [4.69, 9.17) is 17.3 Å². The molecule has 0 amide bonds. The van der Waals surface area contributed by atoms with Crippen LogP contribution < -0.4 is 5.73 Å². The van der Waals surface area contributed by atoms with Crippen molar-refractivity contribution < 1.29 is 4.52 Å². The number of hydrogen-bond acceptors (Lipinski definition) is 3. The molecule has 0 unspecified atom stereocenters.